The Labute approximate surface area is 94.3 Å². The number of aryl methyl sites for hydroxylation is 1. The first kappa shape index (κ1) is 11.5. The molecule has 1 unspecified atom stereocenters. The average Bonchev–Trinajstić information content (AvgIpc) is 2.81. The van der Waals surface area contributed by atoms with Crippen LogP contribution in [0.3, 0.4) is 0 Å². The molecular formula is C9H15N3O3S. The summed E-state index contributed by atoms with van der Waals surface area (Å²) in [5.41, 5.74) is 0. The maximum Gasteiger partial charge on any atom is 0.240 e. The third kappa shape index (κ3) is 2.79. The molecule has 16 heavy (non-hydrogen) atoms. The van der Waals surface area contributed by atoms with Gasteiger partial charge in [0.25, 0.3) is 0 Å². The van der Waals surface area contributed by atoms with E-state index in [0.29, 0.717) is 24.7 Å². The number of rotatable bonds is 4. The summed E-state index contributed by atoms with van der Waals surface area (Å²) in [4.78, 5) is 4.14. The van der Waals surface area contributed by atoms with E-state index in [4.69, 9.17) is 4.52 Å². The molecule has 0 aromatic carbocycles. The molecule has 0 bridgehead atoms. The van der Waals surface area contributed by atoms with Crippen molar-refractivity contribution in [1.29, 1.82) is 0 Å². The summed E-state index contributed by atoms with van der Waals surface area (Å²) < 4.78 is 27.4. The Balaban J connectivity index is 1.84. The van der Waals surface area contributed by atoms with E-state index in [0.717, 1.165) is 6.42 Å². The number of hydrogen-bond donors (Lipinski definition) is 1. The molecule has 0 saturated carbocycles. The van der Waals surface area contributed by atoms with Crippen LogP contribution < -0.4 is 5.32 Å². The molecule has 2 heterocycles. The second-order valence-electron chi connectivity index (χ2n) is 3.94. The first-order valence-corrected chi connectivity index (χ1v) is 7.16. The van der Waals surface area contributed by atoms with Crippen molar-refractivity contribution in [2.45, 2.75) is 32.4 Å². The number of hydrogen-bond acceptors (Lipinski definition) is 6. The number of nitrogens with one attached hydrogen (secondary N) is 1. The van der Waals surface area contributed by atoms with E-state index in [1.807, 2.05) is 6.92 Å². The van der Waals surface area contributed by atoms with Gasteiger partial charge in [0.2, 0.25) is 5.89 Å². The summed E-state index contributed by atoms with van der Waals surface area (Å²) in [6.45, 7) is 2.39. The molecule has 1 aliphatic rings. The van der Waals surface area contributed by atoms with E-state index in [9.17, 15) is 8.42 Å². The summed E-state index contributed by atoms with van der Waals surface area (Å²) in [7, 11) is -2.83. The second kappa shape index (κ2) is 4.50. The van der Waals surface area contributed by atoms with Crippen LogP contribution in [0.1, 0.15) is 25.1 Å². The van der Waals surface area contributed by atoms with Crippen LogP contribution in [-0.4, -0.2) is 36.1 Å². The highest BCUT2D eigenvalue weighted by Gasteiger charge is 2.27. The summed E-state index contributed by atoms with van der Waals surface area (Å²) in [5.74, 6) is 1.67. The highest BCUT2D eigenvalue weighted by atomic mass is 32.2. The van der Waals surface area contributed by atoms with Crippen molar-refractivity contribution in [2.24, 2.45) is 0 Å². The molecule has 0 radical (unpaired) electrons. The maximum absolute atomic E-state index is 11.2. The molecule has 2 rings (SSSR count). The fourth-order valence-corrected chi connectivity index (χ4v) is 3.40. The van der Waals surface area contributed by atoms with Crippen molar-refractivity contribution in [3.8, 4) is 0 Å². The quantitative estimate of drug-likeness (QED) is 0.798. The molecular weight excluding hydrogens is 230 g/mol. The predicted molar refractivity (Wildman–Crippen MR) is 57.6 cm³/mol. The second-order valence-corrected chi connectivity index (χ2v) is 6.17. The van der Waals surface area contributed by atoms with E-state index in [-0.39, 0.29) is 17.5 Å². The van der Waals surface area contributed by atoms with Gasteiger partial charge in [-0.3, -0.25) is 0 Å². The Morgan fingerprint density at radius 1 is 1.56 bits per heavy atom. The molecule has 1 atom stereocenters. The highest BCUT2D eigenvalue weighted by Crippen LogP contribution is 2.11. The van der Waals surface area contributed by atoms with E-state index < -0.39 is 9.84 Å². The Morgan fingerprint density at radius 3 is 2.94 bits per heavy atom. The van der Waals surface area contributed by atoms with Gasteiger partial charge in [-0.1, -0.05) is 12.1 Å². The molecule has 0 spiro atoms. The van der Waals surface area contributed by atoms with E-state index in [2.05, 4.69) is 15.5 Å². The number of nitrogens with zero attached hydrogens (tertiary/aromatic N) is 2. The van der Waals surface area contributed by atoms with Crippen LogP contribution in [0.2, 0.25) is 0 Å². The predicted octanol–water partition coefficient (Wildman–Crippen LogP) is -0.0913. The third-order valence-electron chi connectivity index (χ3n) is 2.60. The maximum atomic E-state index is 11.2. The summed E-state index contributed by atoms with van der Waals surface area (Å²) in [5, 5.41) is 6.88. The fourth-order valence-electron chi connectivity index (χ4n) is 1.69. The van der Waals surface area contributed by atoms with Crippen LogP contribution in [0.25, 0.3) is 0 Å². The normalized spacial score (nSPS) is 23.7. The van der Waals surface area contributed by atoms with Crippen LogP contribution in [0.15, 0.2) is 4.52 Å². The molecule has 1 fully saturated rings. The summed E-state index contributed by atoms with van der Waals surface area (Å²) in [6.07, 6.45) is 1.40. The lowest BCUT2D eigenvalue weighted by Crippen LogP contribution is -2.29. The lowest BCUT2D eigenvalue weighted by molar-refractivity contribution is 0.356. The average molecular weight is 245 g/mol. The van der Waals surface area contributed by atoms with Crippen LogP contribution in [0.4, 0.5) is 0 Å². The lowest BCUT2D eigenvalue weighted by Gasteiger charge is -2.06. The zero-order valence-corrected chi connectivity index (χ0v) is 9.96. The Bertz CT molecular complexity index is 454. The van der Waals surface area contributed by atoms with Crippen LogP contribution in [-0.2, 0) is 22.8 Å². The van der Waals surface area contributed by atoms with Gasteiger partial charge in [-0.05, 0) is 6.42 Å². The SMILES string of the molecule is CCc1noc(CNC2CCS(=O)(=O)C2)n1. The van der Waals surface area contributed by atoms with Crippen molar-refractivity contribution in [3.63, 3.8) is 0 Å². The molecule has 1 aliphatic heterocycles. The molecule has 7 heteroatoms. The van der Waals surface area contributed by atoms with Crippen molar-refractivity contribution in [1.82, 2.24) is 15.5 Å². The van der Waals surface area contributed by atoms with Gasteiger partial charge in [-0.15, -0.1) is 0 Å². The minimum atomic E-state index is -2.83. The van der Waals surface area contributed by atoms with Crippen molar-refractivity contribution in [3.05, 3.63) is 11.7 Å². The van der Waals surface area contributed by atoms with Gasteiger partial charge in [-0.2, -0.15) is 4.98 Å². The van der Waals surface area contributed by atoms with Gasteiger partial charge in [0.05, 0.1) is 18.1 Å². The molecule has 0 amide bonds. The van der Waals surface area contributed by atoms with Gasteiger partial charge in [0, 0.05) is 12.5 Å². The molecule has 1 aromatic heterocycles. The topological polar surface area (TPSA) is 85.1 Å². The third-order valence-corrected chi connectivity index (χ3v) is 4.37. The summed E-state index contributed by atoms with van der Waals surface area (Å²) in [6, 6.07) is 0.0157. The van der Waals surface area contributed by atoms with Crippen molar-refractivity contribution >= 4 is 9.84 Å². The zero-order valence-electron chi connectivity index (χ0n) is 9.14. The number of sulfone groups is 1. The molecule has 1 saturated heterocycles. The highest BCUT2D eigenvalue weighted by molar-refractivity contribution is 7.91. The van der Waals surface area contributed by atoms with Crippen LogP contribution >= 0.6 is 0 Å². The standard InChI is InChI=1S/C9H15N3O3S/c1-2-8-11-9(15-12-8)5-10-7-3-4-16(13,14)6-7/h7,10H,2-6H2,1H3. The van der Waals surface area contributed by atoms with Gasteiger partial charge in [0.15, 0.2) is 15.7 Å². The summed E-state index contributed by atoms with van der Waals surface area (Å²) >= 11 is 0. The molecule has 0 aliphatic carbocycles. The zero-order chi connectivity index (χ0) is 11.6. The monoisotopic (exact) mass is 245 g/mol. The van der Waals surface area contributed by atoms with Gasteiger partial charge >= 0.3 is 0 Å². The molecule has 1 aromatic rings. The van der Waals surface area contributed by atoms with Crippen molar-refractivity contribution < 1.29 is 12.9 Å². The van der Waals surface area contributed by atoms with Gasteiger partial charge in [-0.25, -0.2) is 8.42 Å². The first-order valence-electron chi connectivity index (χ1n) is 5.34. The fraction of sp³-hybridized carbons (Fsp3) is 0.778. The Kier molecular flexibility index (Phi) is 3.25. The van der Waals surface area contributed by atoms with Crippen molar-refractivity contribution in [2.75, 3.05) is 11.5 Å². The van der Waals surface area contributed by atoms with Gasteiger partial charge < -0.3 is 9.84 Å². The Hall–Kier alpha value is -0.950. The Morgan fingerprint density at radius 2 is 2.38 bits per heavy atom. The van der Waals surface area contributed by atoms with Crippen LogP contribution in [0.5, 0.6) is 0 Å². The van der Waals surface area contributed by atoms with Crippen LogP contribution in [0, 0.1) is 0 Å². The smallest absolute Gasteiger partial charge is 0.240 e. The number of aromatic nitrogens is 2. The van der Waals surface area contributed by atoms with Gasteiger partial charge in [0.1, 0.15) is 0 Å². The largest absolute Gasteiger partial charge is 0.338 e. The first-order chi connectivity index (χ1) is 7.59. The minimum Gasteiger partial charge on any atom is -0.338 e. The van der Waals surface area contributed by atoms with E-state index in [1.165, 1.54) is 0 Å². The lowest BCUT2D eigenvalue weighted by atomic mass is 10.3. The molecule has 1 N–H and O–H groups in total. The molecule has 6 nitrogen and oxygen atoms in total. The van der Waals surface area contributed by atoms with E-state index in [1.54, 1.807) is 0 Å². The van der Waals surface area contributed by atoms with E-state index >= 15 is 0 Å². The minimum absolute atomic E-state index is 0.0157. The molecule has 90 valence electrons.